The standard InChI is InChI=1S/C38H20N4S/c39-21-23-15-16-33-30(19-23)27-10-1-3-13-31(27)41(33)25-8-6-9-26(20-25)42-32-14-4-2-11-28(32)36-34(42)17-18-35-37(36)29-12-5-7-24(22-40)38(29)43-35/h1-20H. The summed E-state index contributed by atoms with van der Waals surface area (Å²) in [6, 6.07) is 46.7. The van der Waals surface area contributed by atoms with Crippen molar-refractivity contribution in [2.75, 3.05) is 0 Å². The van der Waals surface area contributed by atoms with E-state index in [9.17, 15) is 10.5 Å². The molecule has 0 N–H and O–H groups in total. The average molecular weight is 565 g/mol. The zero-order valence-electron chi connectivity index (χ0n) is 22.7. The average Bonchev–Trinajstić information content (AvgIpc) is 3.72. The van der Waals surface area contributed by atoms with E-state index in [2.05, 4.69) is 112 Å². The van der Waals surface area contributed by atoms with E-state index in [1.165, 1.54) is 20.9 Å². The predicted octanol–water partition coefficient (Wildman–Crippen LogP) is 9.99. The van der Waals surface area contributed by atoms with E-state index in [-0.39, 0.29) is 0 Å². The number of rotatable bonds is 2. The molecule has 43 heavy (non-hydrogen) atoms. The highest BCUT2D eigenvalue weighted by molar-refractivity contribution is 7.26. The molecule has 9 aromatic rings. The maximum absolute atomic E-state index is 9.80. The Hall–Kier alpha value is -5.88. The molecule has 198 valence electrons. The molecule has 0 unspecified atom stereocenters. The van der Waals surface area contributed by atoms with Crippen LogP contribution >= 0.6 is 11.3 Å². The first-order chi connectivity index (χ1) is 21.2. The third-order valence-electron chi connectivity index (χ3n) is 8.56. The number of nitriles is 2. The number of nitrogens with zero attached hydrogens (tertiary/aromatic N) is 4. The smallest absolute Gasteiger partial charge is 0.101 e. The van der Waals surface area contributed by atoms with Crippen LogP contribution in [-0.2, 0) is 0 Å². The fourth-order valence-corrected chi connectivity index (χ4v) is 7.98. The van der Waals surface area contributed by atoms with Crippen LogP contribution < -0.4 is 0 Å². The lowest BCUT2D eigenvalue weighted by molar-refractivity contribution is 1.13. The molecule has 0 atom stereocenters. The van der Waals surface area contributed by atoms with Gasteiger partial charge in [0.1, 0.15) is 6.07 Å². The van der Waals surface area contributed by atoms with Crippen molar-refractivity contribution in [3.05, 3.63) is 132 Å². The van der Waals surface area contributed by atoms with Gasteiger partial charge in [-0.2, -0.15) is 10.5 Å². The molecule has 0 amide bonds. The molecule has 0 bridgehead atoms. The highest BCUT2D eigenvalue weighted by Gasteiger charge is 2.19. The van der Waals surface area contributed by atoms with E-state index < -0.39 is 0 Å². The Kier molecular flexibility index (Phi) is 4.87. The van der Waals surface area contributed by atoms with Crippen LogP contribution in [-0.4, -0.2) is 9.13 Å². The van der Waals surface area contributed by atoms with Gasteiger partial charge in [-0.05, 0) is 66.7 Å². The topological polar surface area (TPSA) is 57.4 Å². The largest absolute Gasteiger partial charge is 0.309 e. The number of thiophene rings is 1. The first-order valence-corrected chi connectivity index (χ1v) is 14.9. The molecule has 0 aliphatic carbocycles. The molecule has 9 rings (SSSR count). The van der Waals surface area contributed by atoms with Crippen LogP contribution in [0.15, 0.2) is 121 Å². The third-order valence-corrected chi connectivity index (χ3v) is 9.77. The molecular weight excluding hydrogens is 545 g/mol. The number of aromatic nitrogens is 2. The second-order valence-corrected chi connectivity index (χ2v) is 11.8. The van der Waals surface area contributed by atoms with E-state index in [1.54, 1.807) is 11.3 Å². The third kappa shape index (κ3) is 3.23. The first-order valence-electron chi connectivity index (χ1n) is 14.1. The molecule has 0 saturated carbocycles. The molecule has 6 aromatic carbocycles. The van der Waals surface area contributed by atoms with Crippen LogP contribution in [0.1, 0.15) is 11.1 Å². The van der Waals surface area contributed by atoms with Crippen LogP contribution in [0.4, 0.5) is 0 Å². The van der Waals surface area contributed by atoms with Crippen molar-refractivity contribution in [3.8, 4) is 23.5 Å². The van der Waals surface area contributed by atoms with E-state index in [0.29, 0.717) is 5.56 Å². The Morgan fingerprint density at radius 1 is 0.488 bits per heavy atom. The van der Waals surface area contributed by atoms with E-state index in [1.807, 2.05) is 30.3 Å². The monoisotopic (exact) mass is 564 g/mol. The van der Waals surface area contributed by atoms with E-state index in [4.69, 9.17) is 0 Å². The lowest BCUT2D eigenvalue weighted by Crippen LogP contribution is -1.98. The van der Waals surface area contributed by atoms with Crippen molar-refractivity contribution < 1.29 is 0 Å². The fraction of sp³-hybridized carbons (Fsp3) is 0. The summed E-state index contributed by atoms with van der Waals surface area (Å²) in [6.07, 6.45) is 0. The van der Waals surface area contributed by atoms with Gasteiger partial charge in [0.25, 0.3) is 0 Å². The molecule has 5 heteroatoms. The molecular formula is C38H20N4S. The summed E-state index contributed by atoms with van der Waals surface area (Å²) in [5, 5.41) is 26.3. The van der Waals surface area contributed by atoms with Gasteiger partial charge < -0.3 is 9.13 Å². The van der Waals surface area contributed by atoms with Gasteiger partial charge in [0, 0.05) is 48.4 Å². The van der Waals surface area contributed by atoms with Crippen LogP contribution in [0, 0.1) is 22.7 Å². The maximum atomic E-state index is 9.80. The first kappa shape index (κ1) is 23.8. The Balaban J connectivity index is 1.36. The van der Waals surface area contributed by atoms with Gasteiger partial charge in [0.15, 0.2) is 0 Å². The van der Waals surface area contributed by atoms with Crippen molar-refractivity contribution >= 4 is 75.1 Å². The summed E-state index contributed by atoms with van der Waals surface area (Å²) >= 11 is 1.69. The Labute approximate surface area is 250 Å². The quantitative estimate of drug-likeness (QED) is 0.210. The van der Waals surface area contributed by atoms with Crippen molar-refractivity contribution in [2.24, 2.45) is 0 Å². The van der Waals surface area contributed by atoms with Gasteiger partial charge in [0.05, 0.1) is 44.0 Å². The molecule has 0 spiro atoms. The fourth-order valence-electron chi connectivity index (χ4n) is 6.81. The van der Waals surface area contributed by atoms with Gasteiger partial charge in [-0.3, -0.25) is 0 Å². The van der Waals surface area contributed by atoms with Crippen LogP contribution in [0.25, 0.3) is 75.2 Å². The van der Waals surface area contributed by atoms with E-state index in [0.717, 1.165) is 59.9 Å². The highest BCUT2D eigenvalue weighted by atomic mass is 32.1. The second-order valence-electron chi connectivity index (χ2n) is 10.8. The minimum atomic E-state index is 0.656. The summed E-state index contributed by atoms with van der Waals surface area (Å²) in [7, 11) is 0. The van der Waals surface area contributed by atoms with Crippen molar-refractivity contribution in [2.45, 2.75) is 0 Å². The molecule has 4 nitrogen and oxygen atoms in total. The van der Waals surface area contributed by atoms with Crippen molar-refractivity contribution in [1.29, 1.82) is 10.5 Å². The number of para-hydroxylation sites is 2. The molecule has 3 heterocycles. The van der Waals surface area contributed by atoms with Crippen molar-refractivity contribution in [1.82, 2.24) is 9.13 Å². The molecule has 0 aliphatic rings. The minimum Gasteiger partial charge on any atom is -0.309 e. The van der Waals surface area contributed by atoms with Crippen molar-refractivity contribution in [3.63, 3.8) is 0 Å². The Morgan fingerprint density at radius 3 is 1.93 bits per heavy atom. The molecule has 0 aliphatic heterocycles. The Bertz CT molecular complexity index is 2710. The van der Waals surface area contributed by atoms with Crippen LogP contribution in [0.5, 0.6) is 0 Å². The summed E-state index contributed by atoms with van der Waals surface area (Å²) in [6.45, 7) is 0. The van der Waals surface area contributed by atoms with Gasteiger partial charge in [-0.25, -0.2) is 0 Å². The zero-order valence-corrected chi connectivity index (χ0v) is 23.6. The van der Waals surface area contributed by atoms with Crippen LogP contribution in [0.3, 0.4) is 0 Å². The predicted molar refractivity (Wildman–Crippen MR) is 177 cm³/mol. The van der Waals surface area contributed by atoms with E-state index >= 15 is 0 Å². The summed E-state index contributed by atoms with van der Waals surface area (Å²) in [5.74, 6) is 0. The van der Waals surface area contributed by atoms with Crippen LogP contribution in [0.2, 0.25) is 0 Å². The normalized spacial score (nSPS) is 11.7. The number of hydrogen-bond acceptors (Lipinski definition) is 3. The second kappa shape index (κ2) is 8.81. The molecule has 0 fully saturated rings. The number of fused-ring (bicyclic) bond motifs is 10. The molecule has 3 aromatic heterocycles. The maximum Gasteiger partial charge on any atom is 0.101 e. The van der Waals surface area contributed by atoms with Gasteiger partial charge in [0.2, 0.25) is 0 Å². The summed E-state index contributed by atoms with van der Waals surface area (Å²) in [5.41, 5.74) is 7.94. The summed E-state index contributed by atoms with van der Waals surface area (Å²) in [4.78, 5) is 0. The molecule has 0 saturated heterocycles. The Morgan fingerprint density at radius 2 is 1.14 bits per heavy atom. The lowest BCUT2D eigenvalue weighted by atomic mass is 10.0. The zero-order chi connectivity index (χ0) is 28.7. The molecule has 0 radical (unpaired) electrons. The SMILES string of the molecule is N#Cc1ccc2c(c1)c1ccccc1n2-c1cccc(-n2c3ccccc3c3c4c(ccc32)sc2c(C#N)cccc24)c1. The lowest BCUT2D eigenvalue weighted by Gasteiger charge is -2.13. The highest BCUT2D eigenvalue weighted by Crippen LogP contribution is 2.44. The van der Waals surface area contributed by atoms with Gasteiger partial charge in [-0.1, -0.05) is 54.6 Å². The number of benzene rings is 6. The van der Waals surface area contributed by atoms with Gasteiger partial charge >= 0.3 is 0 Å². The summed E-state index contributed by atoms with van der Waals surface area (Å²) < 4.78 is 6.87. The number of hydrogen-bond donors (Lipinski definition) is 0. The van der Waals surface area contributed by atoms with Gasteiger partial charge in [-0.15, -0.1) is 11.3 Å². The minimum absolute atomic E-state index is 0.656.